The molecular weight excluding hydrogens is 421 g/mol. The van der Waals surface area contributed by atoms with Gasteiger partial charge in [0.05, 0.1) is 36.1 Å². The van der Waals surface area contributed by atoms with Crippen molar-refractivity contribution >= 4 is 35.0 Å². The molecule has 12 heteroatoms. The van der Waals surface area contributed by atoms with E-state index in [1.165, 1.54) is 6.07 Å². The first-order valence-corrected chi connectivity index (χ1v) is 9.59. The topological polar surface area (TPSA) is 80.5 Å². The van der Waals surface area contributed by atoms with E-state index in [0.29, 0.717) is 25.6 Å². The van der Waals surface area contributed by atoms with E-state index in [2.05, 4.69) is 20.4 Å². The molecule has 3 rings (SSSR count). The molecule has 28 heavy (non-hydrogen) atoms. The number of alkyl halides is 3. The molecule has 1 fully saturated rings. The Hall–Kier alpha value is -1.82. The first-order valence-electron chi connectivity index (χ1n) is 8.23. The van der Waals surface area contributed by atoms with Crippen LogP contribution in [0.25, 0.3) is 0 Å². The fraction of sp³-hybridized carbons (Fsp3) is 0.438. The van der Waals surface area contributed by atoms with E-state index < -0.39 is 22.7 Å². The molecule has 0 radical (unpaired) electrons. The quantitative estimate of drug-likeness (QED) is 0.696. The summed E-state index contributed by atoms with van der Waals surface area (Å²) in [6.45, 7) is 3.34. The maximum absolute atomic E-state index is 12.9. The van der Waals surface area contributed by atoms with Crippen LogP contribution in [-0.2, 0) is 22.3 Å². The number of hydrogen-bond donors (Lipinski definition) is 1. The molecule has 2 aromatic rings. The number of ether oxygens (including phenoxy) is 1. The van der Waals surface area contributed by atoms with Gasteiger partial charge in [0.15, 0.2) is 0 Å². The molecule has 1 aromatic carbocycles. The predicted octanol–water partition coefficient (Wildman–Crippen LogP) is 3.30. The van der Waals surface area contributed by atoms with Gasteiger partial charge in [0, 0.05) is 18.8 Å². The maximum Gasteiger partial charge on any atom is 0.417 e. The van der Waals surface area contributed by atoms with Gasteiger partial charge in [-0.05, 0) is 18.2 Å². The lowest BCUT2D eigenvalue weighted by Gasteiger charge is -2.24. The Balaban J connectivity index is 1.51. The number of aromatic nitrogens is 2. The highest BCUT2D eigenvalue weighted by atomic mass is 35.5. The number of halogens is 4. The molecule has 1 aliphatic heterocycles. The normalized spacial score (nSPS) is 15.6. The molecule has 2 heterocycles. The van der Waals surface area contributed by atoms with Crippen molar-refractivity contribution in [3.05, 3.63) is 34.7 Å². The fourth-order valence-corrected chi connectivity index (χ4v) is 3.26. The summed E-state index contributed by atoms with van der Waals surface area (Å²) in [6.07, 6.45) is -4.60. The first kappa shape index (κ1) is 20.9. The lowest BCUT2D eigenvalue weighted by molar-refractivity contribution is -0.137. The Labute approximate surface area is 167 Å². The molecule has 1 amide bonds. The van der Waals surface area contributed by atoms with Crippen LogP contribution in [0.5, 0.6) is 0 Å². The van der Waals surface area contributed by atoms with Crippen molar-refractivity contribution in [2.24, 2.45) is 0 Å². The number of amides is 1. The molecule has 1 N–H and O–H groups in total. The third-order valence-electron chi connectivity index (χ3n) is 3.79. The van der Waals surface area contributed by atoms with Crippen molar-refractivity contribution in [1.29, 1.82) is 0 Å². The van der Waals surface area contributed by atoms with Crippen LogP contribution >= 0.6 is 23.4 Å². The highest BCUT2D eigenvalue weighted by molar-refractivity contribution is 7.99. The molecule has 0 saturated carbocycles. The number of hydrogen-bond acceptors (Lipinski definition) is 7. The molecule has 1 aliphatic rings. The van der Waals surface area contributed by atoms with Gasteiger partial charge in [-0.3, -0.25) is 9.69 Å². The van der Waals surface area contributed by atoms with Gasteiger partial charge in [-0.2, -0.15) is 13.2 Å². The Bertz CT molecular complexity index is 828. The van der Waals surface area contributed by atoms with Gasteiger partial charge in [0.2, 0.25) is 11.8 Å². The van der Waals surface area contributed by atoms with Crippen LogP contribution in [-0.4, -0.2) is 53.1 Å². The van der Waals surface area contributed by atoms with Gasteiger partial charge in [0.1, 0.15) is 0 Å². The van der Waals surface area contributed by atoms with Crippen LogP contribution in [0.3, 0.4) is 0 Å². The lowest BCUT2D eigenvalue weighted by atomic mass is 10.2. The Kier molecular flexibility index (Phi) is 6.81. The van der Waals surface area contributed by atoms with Crippen molar-refractivity contribution in [3.63, 3.8) is 0 Å². The first-order chi connectivity index (χ1) is 13.3. The molecular formula is C16H16ClF3N4O3S. The number of nitrogens with one attached hydrogen (secondary N) is 1. The summed E-state index contributed by atoms with van der Waals surface area (Å²) < 4.78 is 49.3. The Morgan fingerprint density at radius 3 is 2.75 bits per heavy atom. The Morgan fingerprint density at radius 2 is 2.04 bits per heavy atom. The van der Waals surface area contributed by atoms with Gasteiger partial charge in [0.25, 0.3) is 5.22 Å². The standard InChI is InChI=1S/C16H16ClF3N4O3S/c17-12-2-1-10(7-11(12)16(18,19)20)21-13(25)9-28-15-23-22-14(27-15)8-24-3-5-26-6-4-24/h1-2,7H,3-6,8-9H2,(H,21,25). The van der Waals surface area contributed by atoms with Gasteiger partial charge in [-0.25, -0.2) is 0 Å². The number of carbonyl (C=O) groups excluding carboxylic acids is 1. The zero-order valence-electron chi connectivity index (χ0n) is 14.5. The number of morpholine rings is 1. The van der Waals surface area contributed by atoms with E-state index in [-0.39, 0.29) is 16.7 Å². The van der Waals surface area contributed by atoms with E-state index in [0.717, 1.165) is 37.0 Å². The zero-order chi connectivity index (χ0) is 20.1. The van der Waals surface area contributed by atoms with Crippen molar-refractivity contribution in [2.45, 2.75) is 17.9 Å². The van der Waals surface area contributed by atoms with Gasteiger partial charge < -0.3 is 14.5 Å². The third-order valence-corrected chi connectivity index (χ3v) is 4.94. The lowest BCUT2D eigenvalue weighted by Crippen LogP contribution is -2.35. The summed E-state index contributed by atoms with van der Waals surface area (Å²) in [5.74, 6) is -0.172. The van der Waals surface area contributed by atoms with Crippen molar-refractivity contribution in [3.8, 4) is 0 Å². The summed E-state index contributed by atoms with van der Waals surface area (Å²) >= 11 is 6.56. The number of anilines is 1. The minimum atomic E-state index is -4.60. The summed E-state index contributed by atoms with van der Waals surface area (Å²) in [6, 6.07) is 3.17. The second-order valence-electron chi connectivity index (χ2n) is 5.88. The predicted molar refractivity (Wildman–Crippen MR) is 96.2 cm³/mol. The minimum Gasteiger partial charge on any atom is -0.415 e. The van der Waals surface area contributed by atoms with Crippen molar-refractivity contribution < 1.29 is 27.1 Å². The molecule has 0 bridgehead atoms. The van der Waals surface area contributed by atoms with Gasteiger partial charge in [-0.1, -0.05) is 23.4 Å². The average Bonchev–Trinajstić information content (AvgIpc) is 3.09. The molecule has 1 saturated heterocycles. The number of rotatable bonds is 6. The van der Waals surface area contributed by atoms with Gasteiger partial charge >= 0.3 is 6.18 Å². The average molecular weight is 437 g/mol. The molecule has 152 valence electrons. The number of carbonyl (C=O) groups is 1. The van der Waals surface area contributed by atoms with E-state index in [4.69, 9.17) is 20.8 Å². The fourth-order valence-electron chi connectivity index (χ4n) is 2.46. The van der Waals surface area contributed by atoms with Gasteiger partial charge in [-0.15, -0.1) is 10.2 Å². The summed E-state index contributed by atoms with van der Waals surface area (Å²) in [7, 11) is 0. The largest absolute Gasteiger partial charge is 0.417 e. The van der Waals surface area contributed by atoms with Crippen LogP contribution in [0.4, 0.5) is 18.9 Å². The van der Waals surface area contributed by atoms with E-state index >= 15 is 0 Å². The van der Waals surface area contributed by atoms with Crippen LogP contribution in [0, 0.1) is 0 Å². The molecule has 0 spiro atoms. The SMILES string of the molecule is O=C(CSc1nnc(CN2CCOCC2)o1)Nc1ccc(Cl)c(C(F)(F)F)c1. The van der Waals surface area contributed by atoms with Crippen molar-refractivity contribution in [1.82, 2.24) is 15.1 Å². The number of nitrogens with zero attached hydrogens (tertiary/aromatic N) is 3. The molecule has 0 atom stereocenters. The van der Waals surface area contributed by atoms with Crippen LogP contribution < -0.4 is 5.32 Å². The Morgan fingerprint density at radius 1 is 1.29 bits per heavy atom. The van der Waals surface area contributed by atoms with E-state index in [1.807, 2.05) is 0 Å². The molecule has 0 unspecified atom stereocenters. The van der Waals surface area contributed by atoms with E-state index in [9.17, 15) is 18.0 Å². The van der Waals surface area contributed by atoms with E-state index in [1.54, 1.807) is 0 Å². The molecule has 1 aromatic heterocycles. The maximum atomic E-state index is 12.9. The summed E-state index contributed by atoms with van der Waals surface area (Å²) in [5.41, 5.74) is -1.01. The minimum absolute atomic E-state index is 0.000797. The molecule has 7 nitrogen and oxygen atoms in total. The van der Waals surface area contributed by atoms with Crippen molar-refractivity contribution in [2.75, 3.05) is 37.4 Å². The monoisotopic (exact) mass is 436 g/mol. The smallest absolute Gasteiger partial charge is 0.415 e. The molecule has 0 aliphatic carbocycles. The summed E-state index contributed by atoms with van der Waals surface area (Å²) in [4.78, 5) is 14.1. The van der Waals surface area contributed by atoms with Crippen LogP contribution in [0.15, 0.2) is 27.8 Å². The zero-order valence-corrected chi connectivity index (χ0v) is 16.0. The summed E-state index contributed by atoms with van der Waals surface area (Å²) in [5, 5.41) is 9.97. The number of thioether (sulfide) groups is 1. The number of benzene rings is 1. The third kappa shape index (κ3) is 5.84. The second-order valence-corrected chi connectivity index (χ2v) is 7.21. The highest BCUT2D eigenvalue weighted by Crippen LogP contribution is 2.36. The van der Waals surface area contributed by atoms with Crippen LogP contribution in [0.2, 0.25) is 5.02 Å². The highest BCUT2D eigenvalue weighted by Gasteiger charge is 2.33. The van der Waals surface area contributed by atoms with Crippen LogP contribution in [0.1, 0.15) is 11.5 Å². The second kappa shape index (κ2) is 9.12.